The van der Waals surface area contributed by atoms with Crippen LogP contribution in [-0.4, -0.2) is 43.3 Å². The number of hydrogen-bond donors (Lipinski definition) is 1. The van der Waals surface area contributed by atoms with Gasteiger partial charge in [-0.1, -0.05) is 42.5 Å². The Hall–Kier alpha value is -2.96. The zero-order chi connectivity index (χ0) is 17.3. The third kappa shape index (κ3) is 2.69. The minimum absolute atomic E-state index is 0.718. The molecule has 3 heterocycles. The van der Waals surface area contributed by atoms with E-state index in [2.05, 4.69) is 71.5 Å². The summed E-state index contributed by atoms with van der Waals surface area (Å²) in [6, 6.07) is 10.4. The van der Waals surface area contributed by atoms with Crippen molar-refractivity contribution in [3.63, 3.8) is 0 Å². The van der Waals surface area contributed by atoms with Crippen LogP contribution in [0.25, 0.3) is 11.5 Å². The summed E-state index contributed by atoms with van der Waals surface area (Å²) in [6.07, 6.45) is 8.68. The van der Waals surface area contributed by atoms with Crippen molar-refractivity contribution in [3.8, 4) is 11.5 Å². The standard InChI is InChI=1S/C19H21N7/c1-2-6-14(7-3-1)11-26-18(17-10-20-24-21-17)22-23-19(26)25-12-15-8-4-5-9-16(15)13-25/h1-7,10,15-16H,8-9,11-13H2,(H,20,21,24)/t15-,16+. The van der Waals surface area contributed by atoms with E-state index in [0.29, 0.717) is 0 Å². The van der Waals surface area contributed by atoms with Crippen molar-refractivity contribution in [1.82, 2.24) is 30.2 Å². The molecule has 26 heavy (non-hydrogen) atoms. The topological polar surface area (TPSA) is 75.5 Å². The number of nitrogens with one attached hydrogen (secondary N) is 1. The lowest BCUT2D eigenvalue weighted by Crippen LogP contribution is -2.24. The van der Waals surface area contributed by atoms with Crippen LogP contribution in [0.5, 0.6) is 0 Å². The van der Waals surface area contributed by atoms with Crippen LogP contribution in [0.15, 0.2) is 48.7 Å². The highest BCUT2D eigenvalue weighted by atomic mass is 15.4. The fourth-order valence-electron chi connectivity index (χ4n) is 4.12. The van der Waals surface area contributed by atoms with Gasteiger partial charge in [0.2, 0.25) is 5.95 Å². The molecule has 1 fully saturated rings. The van der Waals surface area contributed by atoms with Crippen LogP contribution in [0, 0.1) is 11.8 Å². The lowest BCUT2D eigenvalue weighted by Gasteiger charge is -2.19. The van der Waals surface area contributed by atoms with Gasteiger partial charge in [0.05, 0.1) is 12.7 Å². The smallest absolute Gasteiger partial charge is 0.227 e. The lowest BCUT2D eigenvalue weighted by molar-refractivity contribution is 0.411. The second-order valence-electron chi connectivity index (χ2n) is 7.12. The van der Waals surface area contributed by atoms with Gasteiger partial charge in [0.25, 0.3) is 0 Å². The maximum atomic E-state index is 4.54. The van der Waals surface area contributed by atoms with Crippen molar-refractivity contribution in [1.29, 1.82) is 0 Å². The van der Waals surface area contributed by atoms with Gasteiger partial charge in [-0.15, -0.1) is 10.2 Å². The Labute approximate surface area is 151 Å². The molecule has 0 amide bonds. The van der Waals surface area contributed by atoms with Gasteiger partial charge in [-0.3, -0.25) is 4.57 Å². The zero-order valence-corrected chi connectivity index (χ0v) is 14.5. The Kier molecular flexibility index (Phi) is 3.77. The molecule has 0 bridgehead atoms. The van der Waals surface area contributed by atoms with Gasteiger partial charge in [0.1, 0.15) is 5.69 Å². The maximum Gasteiger partial charge on any atom is 0.227 e. The number of allylic oxidation sites excluding steroid dienone is 2. The van der Waals surface area contributed by atoms with Crippen LogP contribution in [0.3, 0.4) is 0 Å². The van der Waals surface area contributed by atoms with Crippen LogP contribution >= 0.6 is 0 Å². The first kappa shape index (κ1) is 15.3. The summed E-state index contributed by atoms with van der Waals surface area (Å²) in [6.45, 7) is 2.80. The van der Waals surface area contributed by atoms with Crippen molar-refractivity contribution in [2.75, 3.05) is 18.0 Å². The van der Waals surface area contributed by atoms with E-state index < -0.39 is 0 Å². The van der Waals surface area contributed by atoms with Gasteiger partial charge in [-0.2, -0.15) is 15.4 Å². The molecule has 1 N–H and O–H groups in total. The summed E-state index contributed by atoms with van der Waals surface area (Å²) in [5.41, 5.74) is 1.94. The summed E-state index contributed by atoms with van der Waals surface area (Å²) in [5, 5.41) is 19.8. The van der Waals surface area contributed by atoms with Crippen molar-refractivity contribution in [2.24, 2.45) is 11.8 Å². The number of aromatic amines is 1. The maximum absolute atomic E-state index is 4.54. The van der Waals surface area contributed by atoms with Crippen molar-refractivity contribution < 1.29 is 0 Å². The first-order valence-electron chi connectivity index (χ1n) is 9.11. The molecule has 0 radical (unpaired) electrons. The van der Waals surface area contributed by atoms with E-state index in [1.807, 2.05) is 6.07 Å². The lowest BCUT2D eigenvalue weighted by atomic mass is 9.86. The molecule has 1 aliphatic carbocycles. The number of rotatable bonds is 4. The van der Waals surface area contributed by atoms with E-state index in [4.69, 9.17) is 0 Å². The number of fused-ring (bicyclic) bond motifs is 1. The van der Waals surface area contributed by atoms with Gasteiger partial charge in [0, 0.05) is 13.1 Å². The molecule has 0 unspecified atom stereocenters. The second kappa shape index (κ2) is 6.40. The van der Waals surface area contributed by atoms with E-state index >= 15 is 0 Å². The average Bonchev–Trinajstić information content (AvgIpc) is 3.41. The molecule has 0 saturated carbocycles. The van der Waals surface area contributed by atoms with Gasteiger partial charge < -0.3 is 4.90 Å². The first-order valence-corrected chi connectivity index (χ1v) is 9.11. The predicted octanol–water partition coefficient (Wildman–Crippen LogP) is 2.51. The average molecular weight is 347 g/mol. The highest BCUT2D eigenvalue weighted by Crippen LogP contribution is 2.35. The molecule has 2 atom stereocenters. The largest absolute Gasteiger partial charge is 0.340 e. The fourth-order valence-corrected chi connectivity index (χ4v) is 4.12. The van der Waals surface area contributed by atoms with Crippen molar-refractivity contribution >= 4 is 5.95 Å². The van der Waals surface area contributed by atoms with E-state index in [0.717, 1.165) is 48.9 Å². The zero-order valence-electron chi connectivity index (χ0n) is 14.5. The SMILES string of the molecule is C1=CC[C@H]2CN(c3nnc(-c4cn[nH]n4)n3Cc3ccccc3)C[C@H]2C1. The van der Waals surface area contributed by atoms with E-state index in [1.165, 1.54) is 18.4 Å². The molecule has 1 aliphatic heterocycles. The number of nitrogens with zero attached hydrogens (tertiary/aromatic N) is 6. The summed E-state index contributed by atoms with van der Waals surface area (Å²) in [5.74, 6) is 3.13. The van der Waals surface area contributed by atoms with Crippen LogP contribution in [0.1, 0.15) is 18.4 Å². The third-order valence-corrected chi connectivity index (χ3v) is 5.46. The monoisotopic (exact) mass is 347 g/mol. The van der Waals surface area contributed by atoms with E-state index in [9.17, 15) is 0 Å². The quantitative estimate of drug-likeness (QED) is 0.734. The molecule has 132 valence electrons. The Bertz CT molecular complexity index is 881. The fraction of sp³-hybridized carbons (Fsp3) is 0.368. The highest BCUT2D eigenvalue weighted by Gasteiger charge is 2.35. The minimum atomic E-state index is 0.718. The Morgan fingerprint density at radius 2 is 1.77 bits per heavy atom. The number of H-pyrrole nitrogens is 1. The normalized spacial score (nSPS) is 21.9. The Balaban J connectivity index is 1.51. The first-order chi connectivity index (χ1) is 12.9. The molecular formula is C19H21N7. The van der Waals surface area contributed by atoms with Crippen molar-refractivity contribution in [2.45, 2.75) is 19.4 Å². The molecule has 5 rings (SSSR count). The van der Waals surface area contributed by atoms with Gasteiger partial charge in [-0.05, 0) is 30.2 Å². The summed E-state index contributed by atoms with van der Waals surface area (Å²) in [4.78, 5) is 2.39. The van der Waals surface area contributed by atoms with Gasteiger partial charge in [-0.25, -0.2) is 0 Å². The summed E-state index contributed by atoms with van der Waals surface area (Å²) >= 11 is 0. The number of aromatic nitrogens is 6. The molecular weight excluding hydrogens is 326 g/mol. The van der Waals surface area contributed by atoms with Crippen LogP contribution in [-0.2, 0) is 6.54 Å². The van der Waals surface area contributed by atoms with Crippen LogP contribution < -0.4 is 4.90 Å². The minimum Gasteiger partial charge on any atom is -0.340 e. The Morgan fingerprint density at radius 3 is 2.46 bits per heavy atom. The summed E-state index contributed by atoms with van der Waals surface area (Å²) in [7, 11) is 0. The highest BCUT2D eigenvalue weighted by molar-refractivity contribution is 5.52. The van der Waals surface area contributed by atoms with Gasteiger partial charge in [0.15, 0.2) is 5.82 Å². The third-order valence-electron chi connectivity index (χ3n) is 5.46. The Morgan fingerprint density at radius 1 is 1.00 bits per heavy atom. The molecule has 0 spiro atoms. The van der Waals surface area contributed by atoms with Crippen molar-refractivity contribution in [3.05, 3.63) is 54.2 Å². The molecule has 1 aromatic carbocycles. The molecule has 7 heteroatoms. The summed E-state index contributed by atoms with van der Waals surface area (Å²) < 4.78 is 2.16. The van der Waals surface area contributed by atoms with Gasteiger partial charge >= 0.3 is 0 Å². The molecule has 2 aromatic heterocycles. The molecule has 2 aliphatic rings. The van der Waals surface area contributed by atoms with Crippen LogP contribution in [0.4, 0.5) is 5.95 Å². The van der Waals surface area contributed by atoms with E-state index in [-0.39, 0.29) is 0 Å². The molecule has 7 nitrogen and oxygen atoms in total. The number of benzene rings is 1. The molecule has 3 aromatic rings. The second-order valence-corrected chi connectivity index (χ2v) is 7.12. The van der Waals surface area contributed by atoms with E-state index in [1.54, 1.807) is 6.20 Å². The molecule has 1 saturated heterocycles. The van der Waals surface area contributed by atoms with Crippen LogP contribution in [0.2, 0.25) is 0 Å². The number of anilines is 1. The number of hydrogen-bond acceptors (Lipinski definition) is 5. The predicted molar refractivity (Wildman–Crippen MR) is 98.5 cm³/mol.